The molecule has 2 aliphatic carbocycles. The molecule has 0 amide bonds. The molecule has 0 radical (unpaired) electrons. The topological polar surface area (TPSA) is 49.4 Å². The van der Waals surface area contributed by atoms with Crippen molar-refractivity contribution in [3.05, 3.63) is 142 Å². The lowest BCUT2D eigenvalue weighted by Crippen LogP contribution is -2.31. The number of ether oxygens (including phenoxy) is 1. The summed E-state index contributed by atoms with van der Waals surface area (Å²) >= 11 is 0. The summed E-state index contributed by atoms with van der Waals surface area (Å²) in [5, 5.41) is 13.5. The van der Waals surface area contributed by atoms with Crippen molar-refractivity contribution in [1.29, 1.82) is 0 Å². The zero-order valence-electron chi connectivity index (χ0n) is 25.2. The molecule has 3 aliphatic rings. The van der Waals surface area contributed by atoms with E-state index in [-0.39, 0.29) is 39.4 Å². The number of allylic oxidation sites excluding steroid dienone is 12. The summed E-state index contributed by atoms with van der Waals surface area (Å²) in [6.45, 7) is 14.8. The number of benzene rings is 2. The summed E-state index contributed by atoms with van der Waals surface area (Å²) in [4.78, 5) is 13.5. The Bertz CT molecular complexity index is 1590. The van der Waals surface area contributed by atoms with Crippen molar-refractivity contribution >= 4 is 17.1 Å². The summed E-state index contributed by atoms with van der Waals surface area (Å²) in [5.74, 6) is 1.41. The molecule has 0 aromatic heterocycles. The zero-order chi connectivity index (χ0) is 29.5. The quantitative estimate of drug-likeness (QED) is 0.363. The first-order chi connectivity index (χ1) is 19.3. The van der Waals surface area contributed by atoms with Crippen LogP contribution in [0.4, 0.5) is 0 Å². The van der Waals surface area contributed by atoms with Gasteiger partial charge in [-0.3, -0.25) is 4.79 Å². The van der Waals surface area contributed by atoms with Gasteiger partial charge in [-0.2, -0.15) is 0 Å². The lowest BCUT2D eigenvalue weighted by molar-refractivity contribution is -0.300. The molecule has 1 aliphatic heterocycles. The summed E-state index contributed by atoms with van der Waals surface area (Å²) in [7, 11) is 0. The van der Waals surface area contributed by atoms with Crippen LogP contribution in [0.3, 0.4) is 0 Å². The number of carbonyl (C=O) groups is 1. The van der Waals surface area contributed by atoms with Gasteiger partial charge in [-0.05, 0) is 70.8 Å². The number of carbonyl (C=O) groups excluding carboxylic acids is 1. The number of ketones is 1. The average Bonchev–Trinajstić information content (AvgIpc) is 2.95. The van der Waals surface area contributed by atoms with Gasteiger partial charge >= 0.3 is 0 Å². The van der Waals surface area contributed by atoms with Crippen LogP contribution in [-0.2, 0) is 9.53 Å². The van der Waals surface area contributed by atoms with E-state index in [1.54, 1.807) is 6.08 Å². The molecule has 0 fully saturated rings. The van der Waals surface area contributed by atoms with E-state index in [0.717, 1.165) is 28.9 Å². The summed E-state index contributed by atoms with van der Waals surface area (Å²) < 4.78 is 6.29. The summed E-state index contributed by atoms with van der Waals surface area (Å²) in [6.07, 6.45) is 10.9. The molecule has 2 aromatic carbocycles. The number of rotatable bonds is 4. The summed E-state index contributed by atoms with van der Waals surface area (Å²) in [5.41, 5.74) is 6.09. The van der Waals surface area contributed by atoms with Gasteiger partial charge in [-0.25, -0.2) is 0 Å². The molecular formula is C38H39O3-. The van der Waals surface area contributed by atoms with Crippen molar-refractivity contribution in [3.63, 3.8) is 0 Å². The molecule has 0 spiro atoms. The minimum absolute atomic E-state index is 0.0485. The van der Waals surface area contributed by atoms with Crippen molar-refractivity contribution in [2.75, 3.05) is 0 Å². The highest BCUT2D eigenvalue weighted by atomic mass is 16.5. The number of Topliss-reactive ketones (excluding diaryl/α,β-unsaturated/α-hetero) is 1. The average molecular weight is 544 g/mol. The molecule has 5 rings (SSSR count). The standard InChI is InChI=1S/C38H40O3/c1-24(28-22-32(27-16-12-9-13-17-27)41-33(23-28)38(5,6)7)34-35(39)31(36(34)40)20-25-18-29(26-14-10-8-11-15-26)21-30(19-25)37(2,3)4/h8-20,22-23,30,39H,21H2,1-7H3/p-1/b28-24-,31-20?. The third-order valence-electron chi connectivity index (χ3n) is 8.08. The molecule has 3 nitrogen and oxygen atoms in total. The third kappa shape index (κ3) is 5.86. The molecule has 1 atom stereocenters. The molecule has 0 saturated heterocycles. The Labute approximate surface area is 244 Å². The highest BCUT2D eigenvalue weighted by molar-refractivity contribution is 6.22. The van der Waals surface area contributed by atoms with Gasteiger partial charge in [0.1, 0.15) is 11.5 Å². The van der Waals surface area contributed by atoms with E-state index >= 15 is 0 Å². The van der Waals surface area contributed by atoms with Gasteiger partial charge in [-0.15, -0.1) is 0 Å². The molecule has 0 N–H and O–H groups in total. The number of hydrogen-bond acceptors (Lipinski definition) is 3. The van der Waals surface area contributed by atoms with Crippen molar-refractivity contribution in [3.8, 4) is 0 Å². The maximum atomic E-state index is 13.5. The monoisotopic (exact) mass is 543 g/mol. The maximum absolute atomic E-state index is 13.5. The van der Waals surface area contributed by atoms with Crippen LogP contribution in [0.15, 0.2) is 130 Å². The first kappa shape index (κ1) is 28.4. The van der Waals surface area contributed by atoms with Crippen LogP contribution < -0.4 is 5.11 Å². The summed E-state index contributed by atoms with van der Waals surface area (Å²) in [6, 6.07) is 20.2. The zero-order valence-corrected chi connectivity index (χ0v) is 25.2. The molecule has 0 bridgehead atoms. The van der Waals surface area contributed by atoms with Gasteiger partial charge in [0, 0.05) is 22.1 Å². The Hall–Kier alpha value is -4.11. The van der Waals surface area contributed by atoms with Crippen LogP contribution in [0.5, 0.6) is 0 Å². The minimum Gasteiger partial charge on any atom is -0.871 e. The lowest BCUT2D eigenvalue weighted by atomic mass is 9.72. The molecular weight excluding hydrogens is 504 g/mol. The van der Waals surface area contributed by atoms with Crippen LogP contribution in [0.1, 0.15) is 66.0 Å². The van der Waals surface area contributed by atoms with Gasteiger partial charge < -0.3 is 9.84 Å². The molecule has 0 saturated carbocycles. The van der Waals surface area contributed by atoms with Crippen LogP contribution in [-0.4, -0.2) is 5.78 Å². The van der Waals surface area contributed by atoms with Gasteiger partial charge in [-0.1, -0.05) is 120 Å². The second-order valence-corrected chi connectivity index (χ2v) is 13.3. The third-order valence-corrected chi connectivity index (χ3v) is 8.08. The van der Waals surface area contributed by atoms with E-state index in [1.165, 1.54) is 11.1 Å². The highest BCUT2D eigenvalue weighted by Crippen LogP contribution is 2.43. The fourth-order valence-electron chi connectivity index (χ4n) is 5.36. The first-order valence-electron chi connectivity index (χ1n) is 14.4. The van der Waals surface area contributed by atoms with E-state index in [2.05, 4.69) is 65.8 Å². The minimum atomic E-state index is -0.247. The predicted octanol–water partition coefficient (Wildman–Crippen LogP) is 8.50. The number of hydrogen-bond donors (Lipinski definition) is 0. The maximum Gasteiger partial charge on any atom is 0.192 e. The van der Waals surface area contributed by atoms with Crippen molar-refractivity contribution in [2.24, 2.45) is 16.7 Å². The Morgan fingerprint density at radius 3 is 2.05 bits per heavy atom. The van der Waals surface area contributed by atoms with Crippen LogP contribution in [0, 0.1) is 16.7 Å². The van der Waals surface area contributed by atoms with E-state index in [9.17, 15) is 9.90 Å². The Morgan fingerprint density at radius 2 is 1.49 bits per heavy atom. The molecule has 41 heavy (non-hydrogen) atoms. The second kappa shape index (κ2) is 10.7. The van der Waals surface area contributed by atoms with Crippen LogP contribution >= 0.6 is 0 Å². The Balaban J connectivity index is 1.55. The van der Waals surface area contributed by atoms with Crippen molar-refractivity contribution in [1.82, 2.24) is 0 Å². The van der Waals surface area contributed by atoms with Gasteiger partial charge in [0.05, 0.1) is 0 Å². The van der Waals surface area contributed by atoms with E-state index in [1.807, 2.05) is 67.6 Å². The van der Waals surface area contributed by atoms with Crippen molar-refractivity contribution < 1.29 is 14.6 Å². The normalized spacial score (nSPS) is 21.9. The van der Waals surface area contributed by atoms with E-state index in [4.69, 9.17) is 4.74 Å². The van der Waals surface area contributed by atoms with Crippen LogP contribution in [0.25, 0.3) is 11.3 Å². The first-order valence-corrected chi connectivity index (χ1v) is 14.4. The van der Waals surface area contributed by atoms with Gasteiger partial charge in [0.25, 0.3) is 0 Å². The van der Waals surface area contributed by atoms with Crippen LogP contribution in [0.2, 0.25) is 0 Å². The van der Waals surface area contributed by atoms with Crippen molar-refractivity contribution in [2.45, 2.75) is 54.9 Å². The van der Waals surface area contributed by atoms with Gasteiger partial charge in [0.15, 0.2) is 5.78 Å². The lowest BCUT2D eigenvalue weighted by Gasteiger charge is -2.34. The fourth-order valence-corrected chi connectivity index (χ4v) is 5.36. The van der Waals surface area contributed by atoms with E-state index in [0.29, 0.717) is 11.3 Å². The Morgan fingerprint density at radius 1 is 0.878 bits per heavy atom. The fraction of sp³-hybridized carbons (Fsp3) is 0.289. The Kier molecular flexibility index (Phi) is 7.42. The molecule has 1 unspecified atom stereocenters. The van der Waals surface area contributed by atoms with Gasteiger partial charge in [0.2, 0.25) is 0 Å². The molecule has 3 heteroatoms. The largest absolute Gasteiger partial charge is 0.871 e. The highest BCUT2D eigenvalue weighted by Gasteiger charge is 2.32. The molecule has 1 heterocycles. The smallest absolute Gasteiger partial charge is 0.192 e. The SMILES string of the molecule is C/C(C1=C([O-])C(=CC2=CC(C(C)(C)C)CC(c3ccccc3)=C2)C1=O)=C1\C=C(c2ccccc2)OC(C(C)(C)C)=C1. The van der Waals surface area contributed by atoms with E-state index < -0.39 is 0 Å². The predicted molar refractivity (Wildman–Crippen MR) is 166 cm³/mol. The molecule has 210 valence electrons. The molecule has 2 aromatic rings. The second-order valence-electron chi connectivity index (χ2n) is 13.3.